The molecule has 1 unspecified atom stereocenters. The molecule has 37 heavy (non-hydrogen) atoms. The maximum absolute atomic E-state index is 14.7. The van der Waals surface area contributed by atoms with Crippen LogP contribution in [0.2, 0.25) is 5.02 Å². The van der Waals surface area contributed by atoms with Crippen LogP contribution in [-0.2, 0) is 16.4 Å². The molecule has 0 amide bonds. The number of hydrogen-bond acceptors (Lipinski definition) is 4. The predicted octanol–water partition coefficient (Wildman–Crippen LogP) is 6.15. The highest BCUT2D eigenvalue weighted by molar-refractivity contribution is 7.89. The lowest BCUT2D eigenvalue weighted by molar-refractivity contribution is -0.147. The highest BCUT2D eigenvalue weighted by Gasteiger charge is 2.39. The van der Waals surface area contributed by atoms with Crippen molar-refractivity contribution in [2.24, 2.45) is 0 Å². The van der Waals surface area contributed by atoms with Gasteiger partial charge in [0.1, 0.15) is 22.8 Å². The number of hydrogen-bond donors (Lipinski definition) is 1. The predicted molar refractivity (Wildman–Crippen MR) is 131 cm³/mol. The lowest BCUT2D eigenvalue weighted by Crippen LogP contribution is -2.42. The summed E-state index contributed by atoms with van der Waals surface area (Å²) in [5.41, 5.74) is 1.95. The maximum atomic E-state index is 14.7. The summed E-state index contributed by atoms with van der Waals surface area (Å²) in [6.07, 6.45) is -3.47. The Morgan fingerprint density at radius 1 is 1.19 bits per heavy atom. The number of rotatable bonds is 6. The van der Waals surface area contributed by atoms with Gasteiger partial charge in [0.2, 0.25) is 10.0 Å². The second-order valence-corrected chi connectivity index (χ2v) is 10.4. The molecule has 6 nitrogen and oxygen atoms in total. The lowest BCUT2D eigenvalue weighted by Gasteiger charge is -2.17. The van der Waals surface area contributed by atoms with Gasteiger partial charge in [0.15, 0.2) is 0 Å². The van der Waals surface area contributed by atoms with Crippen molar-refractivity contribution < 1.29 is 26.0 Å². The Bertz CT molecular complexity index is 1640. The minimum Gasteiger partial charge on any atom is -0.306 e. The van der Waals surface area contributed by atoms with Crippen LogP contribution in [0.4, 0.5) is 17.6 Å². The van der Waals surface area contributed by atoms with Gasteiger partial charge in [0, 0.05) is 22.3 Å². The number of nitriles is 1. The van der Waals surface area contributed by atoms with Gasteiger partial charge < -0.3 is 4.57 Å². The van der Waals surface area contributed by atoms with Crippen LogP contribution in [-0.4, -0.2) is 30.2 Å². The summed E-state index contributed by atoms with van der Waals surface area (Å²) in [5.74, 6) is -0.486. The van der Waals surface area contributed by atoms with E-state index in [1.807, 2.05) is 0 Å². The Kier molecular flexibility index (Phi) is 7.03. The summed E-state index contributed by atoms with van der Waals surface area (Å²) in [4.78, 5) is 3.67. The number of aromatic nitrogens is 2. The fourth-order valence-electron chi connectivity index (χ4n) is 3.91. The normalized spacial score (nSPS) is 13.0. The molecule has 0 aliphatic rings. The van der Waals surface area contributed by atoms with E-state index in [1.54, 1.807) is 46.5 Å². The Morgan fingerprint density at radius 2 is 1.92 bits per heavy atom. The quantitative estimate of drug-likeness (QED) is 0.292. The van der Waals surface area contributed by atoms with Crippen LogP contribution in [0.1, 0.15) is 25.0 Å². The Hall–Kier alpha value is -3.46. The van der Waals surface area contributed by atoms with E-state index in [1.165, 1.54) is 12.1 Å². The lowest BCUT2D eigenvalue weighted by atomic mass is 10.1. The highest BCUT2D eigenvalue weighted by atomic mass is 35.5. The fourth-order valence-corrected chi connectivity index (χ4v) is 5.27. The Labute approximate surface area is 215 Å². The molecule has 0 saturated heterocycles. The molecule has 2 heterocycles. The third kappa shape index (κ3) is 5.05. The number of aryl methyl sites for hydroxylation is 1. The molecule has 0 spiro atoms. The van der Waals surface area contributed by atoms with E-state index in [4.69, 9.17) is 11.6 Å². The van der Waals surface area contributed by atoms with E-state index in [-0.39, 0.29) is 17.0 Å². The summed E-state index contributed by atoms with van der Waals surface area (Å²) in [6, 6.07) is 11.7. The van der Waals surface area contributed by atoms with Gasteiger partial charge in [0.25, 0.3) is 0 Å². The molecular weight excluding hydrogens is 532 g/mol. The molecule has 0 radical (unpaired) electrons. The second-order valence-electron chi connectivity index (χ2n) is 8.23. The van der Waals surface area contributed by atoms with Crippen molar-refractivity contribution in [2.75, 3.05) is 0 Å². The van der Waals surface area contributed by atoms with E-state index in [2.05, 4.69) is 11.1 Å². The first-order chi connectivity index (χ1) is 17.4. The van der Waals surface area contributed by atoms with E-state index in [9.17, 15) is 31.2 Å². The molecule has 0 fully saturated rings. The highest BCUT2D eigenvalue weighted by Crippen LogP contribution is 2.37. The summed E-state index contributed by atoms with van der Waals surface area (Å²) < 4.78 is 81.5. The van der Waals surface area contributed by atoms with Gasteiger partial charge in [-0.15, -0.1) is 0 Å². The molecule has 4 aromatic rings. The van der Waals surface area contributed by atoms with Gasteiger partial charge in [-0.3, -0.25) is 4.98 Å². The van der Waals surface area contributed by atoms with Gasteiger partial charge in [-0.2, -0.15) is 23.2 Å². The monoisotopic (exact) mass is 550 g/mol. The molecule has 4 rings (SSSR count). The van der Waals surface area contributed by atoms with Crippen LogP contribution in [0, 0.1) is 17.1 Å². The van der Waals surface area contributed by atoms with Crippen LogP contribution in [0.5, 0.6) is 0 Å². The maximum Gasteiger partial charge on any atom is 0.404 e. The first-order valence-electron chi connectivity index (χ1n) is 11.0. The van der Waals surface area contributed by atoms with E-state index in [0.717, 1.165) is 12.3 Å². The SMILES string of the molecule is CCc1cc2c(cc1F)c(C#N)c(-c1ccc(S(=O)(=O)NC(C)C(F)(F)F)cn1)n2-c1cccc(Cl)c1. The fraction of sp³-hybridized carbons (Fsp3) is 0.200. The minimum atomic E-state index is -4.77. The van der Waals surface area contributed by atoms with E-state index in [0.29, 0.717) is 40.5 Å². The molecule has 2 aromatic heterocycles. The summed E-state index contributed by atoms with van der Waals surface area (Å²) in [7, 11) is -4.54. The average Bonchev–Trinajstić information content (AvgIpc) is 3.15. The molecule has 1 atom stereocenters. The van der Waals surface area contributed by atoms with E-state index < -0.39 is 33.0 Å². The summed E-state index contributed by atoms with van der Waals surface area (Å²) in [5, 5.41) is 10.7. The average molecular weight is 551 g/mol. The van der Waals surface area contributed by atoms with Crippen LogP contribution < -0.4 is 4.72 Å². The van der Waals surface area contributed by atoms with E-state index >= 15 is 0 Å². The van der Waals surface area contributed by atoms with Crippen LogP contribution in [0.3, 0.4) is 0 Å². The number of nitrogens with one attached hydrogen (secondary N) is 1. The van der Waals surface area contributed by atoms with Crippen molar-refractivity contribution in [3.8, 4) is 23.1 Å². The third-order valence-electron chi connectivity index (χ3n) is 5.81. The largest absolute Gasteiger partial charge is 0.404 e. The van der Waals surface area contributed by atoms with Gasteiger partial charge in [0.05, 0.1) is 22.5 Å². The van der Waals surface area contributed by atoms with Crippen LogP contribution in [0.25, 0.3) is 28.0 Å². The molecular formula is C25H19ClF4N4O2S. The number of halogens is 5. The van der Waals surface area contributed by atoms with Gasteiger partial charge in [-0.25, -0.2) is 12.8 Å². The van der Waals surface area contributed by atoms with Gasteiger partial charge in [-0.05, 0) is 61.4 Å². The molecule has 0 bridgehead atoms. The van der Waals surface area contributed by atoms with Crippen molar-refractivity contribution in [3.63, 3.8) is 0 Å². The van der Waals surface area contributed by atoms with Gasteiger partial charge >= 0.3 is 6.18 Å². The molecule has 2 aromatic carbocycles. The smallest absolute Gasteiger partial charge is 0.306 e. The zero-order valence-electron chi connectivity index (χ0n) is 19.4. The standard InChI is InChI=1S/C25H19ClF4N4O2S/c1-3-15-9-23-19(11-21(15)27)20(12-31)24(34(23)17-6-4-5-16(26)10-17)22-8-7-18(13-32-22)37(35,36)33-14(2)25(28,29)30/h4-11,13-14,33H,3H2,1-2H3. The molecule has 0 saturated carbocycles. The van der Waals surface area contributed by atoms with Gasteiger partial charge in [-0.1, -0.05) is 24.6 Å². The van der Waals surface area contributed by atoms with Crippen molar-refractivity contribution in [2.45, 2.75) is 37.4 Å². The third-order valence-corrected chi connectivity index (χ3v) is 7.57. The Morgan fingerprint density at radius 3 is 2.49 bits per heavy atom. The summed E-state index contributed by atoms with van der Waals surface area (Å²) in [6.45, 7) is 2.48. The van der Waals surface area contributed by atoms with Crippen molar-refractivity contribution >= 4 is 32.5 Å². The van der Waals surface area contributed by atoms with Crippen molar-refractivity contribution in [1.82, 2.24) is 14.3 Å². The second kappa shape index (κ2) is 9.78. The first-order valence-corrected chi connectivity index (χ1v) is 12.8. The topological polar surface area (TPSA) is 87.8 Å². The number of nitrogens with zero attached hydrogens (tertiary/aromatic N) is 3. The zero-order valence-corrected chi connectivity index (χ0v) is 21.0. The number of alkyl halides is 3. The van der Waals surface area contributed by atoms with Crippen LogP contribution >= 0.6 is 11.6 Å². The zero-order chi connectivity index (χ0) is 27.1. The molecule has 192 valence electrons. The van der Waals surface area contributed by atoms with Crippen molar-refractivity contribution in [1.29, 1.82) is 5.26 Å². The molecule has 0 aliphatic carbocycles. The molecule has 1 N–H and O–H groups in total. The number of benzene rings is 2. The summed E-state index contributed by atoms with van der Waals surface area (Å²) >= 11 is 6.21. The number of fused-ring (bicyclic) bond motifs is 1. The first kappa shape index (κ1) is 26.6. The Balaban J connectivity index is 1.93. The van der Waals surface area contributed by atoms with Crippen molar-refractivity contribution in [3.05, 3.63) is 76.7 Å². The molecule has 12 heteroatoms. The molecule has 0 aliphatic heterocycles. The minimum absolute atomic E-state index is 0.0865. The van der Waals surface area contributed by atoms with Crippen LogP contribution in [0.15, 0.2) is 59.6 Å². The number of pyridine rings is 1. The number of sulfonamides is 1.